The summed E-state index contributed by atoms with van der Waals surface area (Å²) in [7, 11) is 0. The van der Waals surface area contributed by atoms with Crippen LogP contribution in [0.2, 0.25) is 0 Å². The van der Waals surface area contributed by atoms with Crippen LogP contribution in [-0.2, 0) is 26.7 Å². The molecule has 0 saturated heterocycles. The van der Waals surface area contributed by atoms with Crippen molar-refractivity contribution >= 4 is 68.8 Å². The zero-order chi connectivity index (χ0) is 40.4. The normalized spacial score (nSPS) is 13.8. The number of azo groups is 4. The van der Waals surface area contributed by atoms with Crippen molar-refractivity contribution in [3.8, 4) is 0 Å². The number of rotatable bonds is 8. The zero-order valence-electron chi connectivity index (χ0n) is 30.3. The molecule has 0 saturated carbocycles. The Morgan fingerprint density at radius 3 is 0.814 bits per heavy atom. The topological polar surface area (TPSA) is 213 Å². The Morgan fingerprint density at radius 2 is 0.508 bits per heavy atom. The molecule has 2 aliphatic carbocycles. The molecule has 59 heavy (non-hydrogen) atoms. The molecule has 2 aliphatic rings. The summed E-state index contributed by atoms with van der Waals surface area (Å²) in [6, 6.07) is 44.1. The van der Waals surface area contributed by atoms with Crippen LogP contribution in [0.1, 0.15) is 31.8 Å². The SMILES string of the molecule is O=C1C(=O)c2ccccc2C([O-])=C1N=Nc1ccc(N=Nc2ccccc2)cc1.O=C1C(=O)c2ccccc2C([O-])=C1N=Nc1ccc(N=Nc2ccccc2)cc1.[Cu+2]. The fraction of sp³-hybridized carbons (Fsp3) is 0. The predicted molar refractivity (Wildman–Crippen MR) is 209 cm³/mol. The second-order valence-corrected chi connectivity index (χ2v) is 12.3. The fourth-order valence-corrected chi connectivity index (χ4v) is 5.47. The molecule has 0 spiro atoms. The van der Waals surface area contributed by atoms with Crippen LogP contribution in [0.25, 0.3) is 11.5 Å². The summed E-state index contributed by atoms with van der Waals surface area (Å²) in [6.45, 7) is 0. The van der Waals surface area contributed by atoms with E-state index in [1.807, 2.05) is 60.7 Å². The standard InChI is InChI=1S/2C22H14N4O3.Cu/c2*27-20-17-8-4-5-9-18(17)21(28)22(29)19(20)26-25-16-12-10-15(11-13-16)24-23-14-6-2-1-3-7-14;/h2*1-13,27H;/q;;+2/p-2. The van der Waals surface area contributed by atoms with Gasteiger partial charge in [0.15, 0.2) is 0 Å². The van der Waals surface area contributed by atoms with Crippen LogP contribution in [0.15, 0.2) is 210 Å². The molecule has 0 amide bonds. The summed E-state index contributed by atoms with van der Waals surface area (Å²) in [5.41, 5.74) is 3.01. The Bertz CT molecular complexity index is 2560. The first-order valence-electron chi connectivity index (χ1n) is 17.4. The zero-order valence-corrected chi connectivity index (χ0v) is 31.3. The molecule has 0 N–H and O–H groups in total. The van der Waals surface area contributed by atoms with Crippen molar-refractivity contribution in [2.24, 2.45) is 40.9 Å². The molecule has 0 aliphatic heterocycles. The number of nitrogens with zero attached hydrogens (tertiary/aromatic N) is 8. The number of allylic oxidation sites excluding steroid dienone is 2. The molecule has 6 aromatic rings. The van der Waals surface area contributed by atoms with Gasteiger partial charge in [-0.2, -0.15) is 30.7 Å². The van der Waals surface area contributed by atoms with Crippen molar-refractivity contribution in [3.05, 3.63) is 191 Å². The third-order valence-electron chi connectivity index (χ3n) is 8.41. The molecule has 15 heteroatoms. The maximum atomic E-state index is 12.5. The van der Waals surface area contributed by atoms with Crippen molar-refractivity contribution in [2.45, 2.75) is 0 Å². The molecule has 0 fully saturated rings. The van der Waals surface area contributed by atoms with E-state index in [2.05, 4.69) is 40.9 Å². The first-order chi connectivity index (χ1) is 28.3. The number of ketones is 4. The van der Waals surface area contributed by atoms with Crippen molar-refractivity contribution in [1.82, 2.24) is 0 Å². The number of benzene rings is 6. The van der Waals surface area contributed by atoms with Gasteiger partial charge in [0.2, 0.25) is 11.6 Å². The van der Waals surface area contributed by atoms with Gasteiger partial charge >= 0.3 is 17.1 Å². The Morgan fingerprint density at radius 1 is 0.271 bits per heavy atom. The fourth-order valence-electron chi connectivity index (χ4n) is 5.47. The molecule has 0 bridgehead atoms. The average Bonchev–Trinajstić information content (AvgIpc) is 3.28. The van der Waals surface area contributed by atoms with Crippen LogP contribution in [-0.4, -0.2) is 23.1 Å². The van der Waals surface area contributed by atoms with Gasteiger partial charge in [0.1, 0.15) is 11.4 Å². The number of carbonyl (C=O) groups excluding carboxylic acids is 4. The molecule has 6 aromatic carbocycles. The Balaban J connectivity index is 0.000000195. The first kappa shape index (κ1) is 40.7. The minimum atomic E-state index is -0.953. The molecular formula is C44H26CuN8O6. The summed E-state index contributed by atoms with van der Waals surface area (Å²) < 4.78 is 0. The largest absolute Gasteiger partial charge is 2.00 e. The maximum Gasteiger partial charge on any atom is 2.00 e. The van der Waals surface area contributed by atoms with E-state index in [0.29, 0.717) is 22.7 Å². The van der Waals surface area contributed by atoms with E-state index in [-0.39, 0.29) is 39.3 Å². The smallest absolute Gasteiger partial charge is 0.870 e. The quantitative estimate of drug-likeness (QED) is 0.0827. The molecule has 0 unspecified atom stereocenters. The van der Waals surface area contributed by atoms with Crippen LogP contribution in [0.3, 0.4) is 0 Å². The Hall–Kier alpha value is -8.00. The van der Waals surface area contributed by atoms with Crippen LogP contribution in [0.5, 0.6) is 0 Å². The van der Waals surface area contributed by atoms with Gasteiger partial charge in [0.25, 0.3) is 11.6 Å². The van der Waals surface area contributed by atoms with E-state index in [9.17, 15) is 29.4 Å². The monoisotopic (exact) mass is 825 g/mol. The molecule has 0 aromatic heterocycles. The third kappa shape index (κ3) is 9.52. The van der Waals surface area contributed by atoms with Gasteiger partial charge in [-0.15, -0.1) is 10.2 Å². The van der Waals surface area contributed by atoms with E-state index in [4.69, 9.17) is 0 Å². The Labute approximate surface area is 346 Å². The molecule has 1 radical (unpaired) electrons. The third-order valence-corrected chi connectivity index (χ3v) is 8.41. The van der Waals surface area contributed by atoms with Crippen LogP contribution >= 0.6 is 0 Å². The second kappa shape index (κ2) is 18.8. The number of Topliss-reactive ketones (excluding diaryl/α,β-unsaturated/α-hetero) is 4. The van der Waals surface area contributed by atoms with Crippen LogP contribution < -0.4 is 10.2 Å². The van der Waals surface area contributed by atoms with E-state index in [1.54, 1.807) is 72.8 Å². The number of hydrogen-bond donors (Lipinski definition) is 0. The summed E-state index contributed by atoms with van der Waals surface area (Å²) in [6.07, 6.45) is 0. The number of fused-ring (bicyclic) bond motifs is 2. The average molecular weight is 826 g/mol. The van der Waals surface area contributed by atoms with E-state index >= 15 is 0 Å². The van der Waals surface area contributed by atoms with E-state index in [0.717, 1.165) is 11.4 Å². The van der Waals surface area contributed by atoms with Crippen molar-refractivity contribution in [3.63, 3.8) is 0 Å². The van der Waals surface area contributed by atoms with E-state index < -0.39 is 46.0 Å². The van der Waals surface area contributed by atoms with Gasteiger partial charge < -0.3 is 10.2 Å². The number of carbonyl (C=O) groups is 4. The minimum absolute atomic E-state index is 0. The van der Waals surface area contributed by atoms with Gasteiger partial charge in [0, 0.05) is 11.1 Å². The Kier molecular flexibility index (Phi) is 12.9. The first-order valence-corrected chi connectivity index (χ1v) is 17.4. The van der Waals surface area contributed by atoms with Crippen LogP contribution in [0.4, 0.5) is 34.1 Å². The predicted octanol–water partition coefficient (Wildman–Crippen LogP) is 9.36. The summed E-state index contributed by atoms with van der Waals surface area (Å²) in [4.78, 5) is 48.8. The van der Waals surface area contributed by atoms with Crippen LogP contribution in [0, 0.1) is 0 Å². The van der Waals surface area contributed by atoms with Gasteiger partial charge in [-0.05, 0) is 83.9 Å². The van der Waals surface area contributed by atoms with Gasteiger partial charge in [-0.1, -0.05) is 96.4 Å². The molecular weight excluding hydrogens is 800 g/mol. The number of hydrogen-bond acceptors (Lipinski definition) is 14. The van der Waals surface area contributed by atoms with Gasteiger partial charge in [-0.25, -0.2) is 0 Å². The molecule has 289 valence electrons. The second-order valence-electron chi connectivity index (χ2n) is 12.3. The summed E-state index contributed by atoms with van der Waals surface area (Å²) >= 11 is 0. The summed E-state index contributed by atoms with van der Waals surface area (Å²) in [5.74, 6) is -4.64. The summed E-state index contributed by atoms with van der Waals surface area (Å²) in [5, 5.41) is 56.8. The van der Waals surface area contributed by atoms with Gasteiger partial charge in [-0.3, -0.25) is 19.2 Å². The molecule has 0 atom stereocenters. The minimum Gasteiger partial charge on any atom is -0.870 e. The van der Waals surface area contributed by atoms with Crippen molar-refractivity contribution in [2.75, 3.05) is 0 Å². The molecule has 0 heterocycles. The van der Waals surface area contributed by atoms with Crippen molar-refractivity contribution in [1.29, 1.82) is 0 Å². The maximum absolute atomic E-state index is 12.5. The van der Waals surface area contributed by atoms with E-state index in [1.165, 1.54) is 24.3 Å². The van der Waals surface area contributed by atoms with Gasteiger partial charge in [0.05, 0.1) is 34.1 Å². The molecule has 8 rings (SSSR count). The van der Waals surface area contributed by atoms with Crippen molar-refractivity contribution < 1.29 is 46.5 Å². The molecule has 14 nitrogen and oxygen atoms in total.